The molecular formula is C23H27NO4. The Labute approximate surface area is 166 Å². The molecule has 1 heterocycles. The van der Waals surface area contributed by atoms with Crippen LogP contribution in [-0.2, 0) is 6.54 Å². The molecule has 0 amide bonds. The highest BCUT2D eigenvalue weighted by atomic mass is 16.5. The SMILES string of the molecule is COc1ccc(C(=O)/C=C/c2cc(CN3CCCCC3)c(O)c(OC)c2)cc1. The first-order chi connectivity index (χ1) is 13.6. The van der Waals surface area contributed by atoms with Crippen LogP contribution >= 0.6 is 0 Å². The number of aromatic hydroxyl groups is 1. The first-order valence-electron chi connectivity index (χ1n) is 9.59. The lowest BCUT2D eigenvalue weighted by Crippen LogP contribution is -2.29. The topological polar surface area (TPSA) is 59.0 Å². The fraction of sp³-hybridized carbons (Fsp3) is 0.348. The predicted octanol–water partition coefficient (Wildman–Crippen LogP) is 4.29. The highest BCUT2D eigenvalue weighted by Crippen LogP contribution is 2.33. The maximum Gasteiger partial charge on any atom is 0.185 e. The summed E-state index contributed by atoms with van der Waals surface area (Å²) >= 11 is 0. The maximum absolute atomic E-state index is 12.4. The second kappa shape index (κ2) is 9.42. The molecule has 1 fully saturated rings. The van der Waals surface area contributed by atoms with Crippen molar-refractivity contribution in [2.75, 3.05) is 27.3 Å². The van der Waals surface area contributed by atoms with Crippen molar-refractivity contribution in [2.24, 2.45) is 0 Å². The predicted molar refractivity (Wildman–Crippen MR) is 110 cm³/mol. The minimum Gasteiger partial charge on any atom is -0.504 e. The second-order valence-electron chi connectivity index (χ2n) is 6.99. The average molecular weight is 381 g/mol. The molecule has 28 heavy (non-hydrogen) atoms. The summed E-state index contributed by atoms with van der Waals surface area (Å²) < 4.78 is 10.5. The van der Waals surface area contributed by atoms with E-state index in [1.54, 1.807) is 43.5 Å². The first-order valence-corrected chi connectivity index (χ1v) is 9.59. The second-order valence-corrected chi connectivity index (χ2v) is 6.99. The van der Waals surface area contributed by atoms with Gasteiger partial charge in [0.25, 0.3) is 0 Å². The van der Waals surface area contributed by atoms with E-state index in [0.29, 0.717) is 23.6 Å². The number of phenols is 1. The number of carbonyl (C=O) groups is 1. The Morgan fingerprint density at radius 1 is 1.07 bits per heavy atom. The van der Waals surface area contributed by atoms with E-state index < -0.39 is 0 Å². The van der Waals surface area contributed by atoms with E-state index in [-0.39, 0.29) is 11.5 Å². The number of ketones is 1. The van der Waals surface area contributed by atoms with Crippen LogP contribution in [0.5, 0.6) is 17.2 Å². The summed E-state index contributed by atoms with van der Waals surface area (Å²) in [6.45, 7) is 2.76. The number of hydrogen-bond donors (Lipinski definition) is 1. The van der Waals surface area contributed by atoms with Crippen molar-refractivity contribution in [1.82, 2.24) is 4.90 Å². The van der Waals surface area contributed by atoms with E-state index in [1.807, 2.05) is 6.07 Å². The molecule has 0 atom stereocenters. The summed E-state index contributed by atoms with van der Waals surface area (Å²) in [7, 11) is 3.13. The highest BCUT2D eigenvalue weighted by Gasteiger charge is 2.16. The van der Waals surface area contributed by atoms with Crippen molar-refractivity contribution < 1.29 is 19.4 Å². The minimum atomic E-state index is -0.0905. The van der Waals surface area contributed by atoms with Gasteiger partial charge in [-0.1, -0.05) is 12.5 Å². The van der Waals surface area contributed by atoms with Crippen molar-refractivity contribution in [3.63, 3.8) is 0 Å². The summed E-state index contributed by atoms with van der Waals surface area (Å²) in [5, 5.41) is 10.5. The van der Waals surface area contributed by atoms with Gasteiger partial charge in [0.1, 0.15) is 5.75 Å². The van der Waals surface area contributed by atoms with Crippen LogP contribution < -0.4 is 9.47 Å². The van der Waals surface area contributed by atoms with E-state index in [2.05, 4.69) is 4.90 Å². The zero-order valence-electron chi connectivity index (χ0n) is 16.5. The molecule has 0 radical (unpaired) electrons. The number of likely N-dealkylation sites (tertiary alicyclic amines) is 1. The summed E-state index contributed by atoms with van der Waals surface area (Å²) in [5.41, 5.74) is 2.23. The average Bonchev–Trinajstić information content (AvgIpc) is 2.74. The van der Waals surface area contributed by atoms with E-state index in [4.69, 9.17) is 9.47 Å². The molecule has 2 aromatic carbocycles. The number of phenolic OH excluding ortho intramolecular Hbond substituents is 1. The number of nitrogens with zero attached hydrogens (tertiary/aromatic N) is 1. The van der Waals surface area contributed by atoms with Crippen LogP contribution in [0.2, 0.25) is 0 Å². The molecule has 0 unspecified atom stereocenters. The summed E-state index contributed by atoms with van der Waals surface area (Å²) in [6.07, 6.45) is 6.94. The van der Waals surface area contributed by atoms with Gasteiger partial charge in [-0.05, 0) is 74.0 Å². The molecule has 2 aromatic rings. The van der Waals surface area contributed by atoms with Crippen molar-refractivity contribution in [3.8, 4) is 17.2 Å². The number of piperidine rings is 1. The van der Waals surface area contributed by atoms with Crippen molar-refractivity contribution >= 4 is 11.9 Å². The van der Waals surface area contributed by atoms with Gasteiger partial charge in [-0.15, -0.1) is 0 Å². The Hall–Kier alpha value is -2.79. The van der Waals surface area contributed by atoms with Crippen molar-refractivity contribution in [1.29, 1.82) is 0 Å². The first kappa shape index (κ1) is 20.0. The van der Waals surface area contributed by atoms with Crippen LogP contribution in [0.3, 0.4) is 0 Å². The molecule has 0 saturated carbocycles. The molecule has 5 heteroatoms. The third kappa shape index (κ3) is 4.93. The Morgan fingerprint density at radius 2 is 1.79 bits per heavy atom. The van der Waals surface area contributed by atoms with Gasteiger partial charge >= 0.3 is 0 Å². The molecule has 1 aliphatic rings. The van der Waals surface area contributed by atoms with Gasteiger partial charge in [-0.3, -0.25) is 9.69 Å². The maximum atomic E-state index is 12.4. The molecule has 0 aliphatic carbocycles. The molecule has 5 nitrogen and oxygen atoms in total. The van der Waals surface area contributed by atoms with Crippen LogP contribution in [0.15, 0.2) is 42.5 Å². The van der Waals surface area contributed by atoms with Gasteiger partial charge in [0.15, 0.2) is 17.3 Å². The molecule has 1 N–H and O–H groups in total. The summed E-state index contributed by atoms with van der Waals surface area (Å²) in [6, 6.07) is 10.7. The molecule has 0 bridgehead atoms. The smallest absolute Gasteiger partial charge is 0.185 e. The van der Waals surface area contributed by atoms with Crippen molar-refractivity contribution in [3.05, 3.63) is 59.2 Å². The van der Waals surface area contributed by atoms with E-state index in [1.165, 1.54) is 32.4 Å². The zero-order valence-corrected chi connectivity index (χ0v) is 16.5. The number of rotatable bonds is 7. The fourth-order valence-electron chi connectivity index (χ4n) is 3.44. The molecular weight excluding hydrogens is 354 g/mol. The number of ether oxygens (including phenoxy) is 2. The lowest BCUT2D eigenvalue weighted by Gasteiger charge is -2.27. The summed E-state index contributed by atoms with van der Waals surface area (Å²) in [4.78, 5) is 14.8. The number of benzene rings is 2. The molecule has 3 rings (SSSR count). The van der Waals surface area contributed by atoms with Gasteiger partial charge < -0.3 is 14.6 Å². The molecule has 0 spiro atoms. The lowest BCUT2D eigenvalue weighted by molar-refractivity contribution is 0.104. The summed E-state index contributed by atoms with van der Waals surface area (Å²) in [5.74, 6) is 1.22. The molecule has 1 saturated heterocycles. The van der Waals surface area contributed by atoms with Gasteiger partial charge in [-0.25, -0.2) is 0 Å². The number of hydrogen-bond acceptors (Lipinski definition) is 5. The van der Waals surface area contributed by atoms with E-state index in [0.717, 1.165) is 24.2 Å². The zero-order chi connectivity index (χ0) is 19.9. The van der Waals surface area contributed by atoms with E-state index >= 15 is 0 Å². The lowest BCUT2D eigenvalue weighted by atomic mass is 10.0. The van der Waals surface area contributed by atoms with Gasteiger partial charge in [0.2, 0.25) is 0 Å². The normalized spacial score (nSPS) is 14.9. The van der Waals surface area contributed by atoms with Crippen LogP contribution in [0, 0.1) is 0 Å². The standard InChI is InChI=1S/C23H27NO4/c1-27-20-9-7-18(8-10-20)21(25)11-6-17-14-19(23(26)22(15-17)28-2)16-24-12-4-3-5-13-24/h6-11,14-15,26H,3-5,12-13,16H2,1-2H3/b11-6+. The fourth-order valence-corrected chi connectivity index (χ4v) is 3.44. The molecule has 0 aromatic heterocycles. The quantitative estimate of drug-likeness (QED) is 0.573. The van der Waals surface area contributed by atoms with Crippen LogP contribution in [0.4, 0.5) is 0 Å². The third-order valence-electron chi connectivity index (χ3n) is 5.04. The largest absolute Gasteiger partial charge is 0.504 e. The van der Waals surface area contributed by atoms with Gasteiger partial charge in [0, 0.05) is 17.7 Å². The highest BCUT2D eigenvalue weighted by molar-refractivity contribution is 6.06. The van der Waals surface area contributed by atoms with Crippen molar-refractivity contribution in [2.45, 2.75) is 25.8 Å². The number of carbonyl (C=O) groups excluding carboxylic acids is 1. The monoisotopic (exact) mass is 381 g/mol. The molecule has 1 aliphatic heterocycles. The minimum absolute atomic E-state index is 0.0905. The van der Waals surface area contributed by atoms with E-state index in [9.17, 15) is 9.90 Å². The Bertz CT molecular complexity index is 836. The number of methoxy groups -OCH3 is 2. The number of allylic oxidation sites excluding steroid dienone is 1. The van der Waals surface area contributed by atoms with Crippen LogP contribution in [0.25, 0.3) is 6.08 Å². The van der Waals surface area contributed by atoms with Crippen LogP contribution in [-0.4, -0.2) is 43.1 Å². The van der Waals surface area contributed by atoms with Crippen LogP contribution in [0.1, 0.15) is 40.7 Å². The Balaban J connectivity index is 1.78. The molecule has 148 valence electrons. The van der Waals surface area contributed by atoms with Gasteiger partial charge in [-0.2, -0.15) is 0 Å². The Kier molecular flexibility index (Phi) is 6.71. The third-order valence-corrected chi connectivity index (χ3v) is 5.04. The van der Waals surface area contributed by atoms with Gasteiger partial charge in [0.05, 0.1) is 14.2 Å². The Morgan fingerprint density at radius 3 is 2.43 bits per heavy atom.